The summed E-state index contributed by atoms with van der Waals surface area (Å²) in [7, 11) is 0. The van der Waals surface area contributed by atoms with Gasteiger partial charge in [0.1, 0.15) is 0 Å². The molecule has 1 saturated heterocycles. The van der Waals surface area contributed by atoms with E-state index in [0.29, 0.717) is 6.54 Å². The molecule has 1 aromatic carbocycles. The molecule has 1 fully saturated rings. The number of ether oxygens (including phenoxy) is 1. The van der Waals surface area contributed by atoms with Gasteiger partial charge in [-0.15, -0.1) is 0 Å². The minimum absolute atomic E-state index is 0.593. The van der Waals surface area contributed by atoms with Gasteiger partial charge < -0.3 is 9.64 Å². The molecule has 0 aliphatic carbocycles. The number of benzene rings is 1. The summed E-state index contributed by atoms with van der Waals surface area (Å²) in [6.45, 7) is 7.61. The molecule has 0 amide bonds. The molecule has 2 heterocycles. The van der Waals surface area contributed by atoms with E-state index in [4.69, 9.17) is 21.9 Å². The summed E-state index contributed by atoms with van der Waals surface area (Å²) in [4.78, 5) is 12.2. The van der Waals surface area contributed by atoms with E-state index in [1.54, 1.807) is 0 Å². The topological polar surface area (TPSA) is 77.4 Å². The van der Waals surface area contributed by atoms with Crippen molar-refractivity contribution in [3.63, 3.8) is 0 Å². The van der Waals surface area contributed by atoms with Gasteiger partial charge in [-0.05, 0) is 62.0 Å². The Morgan fingerprint density at radius 1 is 1.03 bits per heavy atom. The summed E-state index contributed by atoms with van der Waals surface area (Å²) in [6, 6.07) is 8.06. The fourth-order valence-electron chi connectivity index (χ4n) is 3.84. The highest BCUT2D eigenvalue weighted by Crippen LogP contribution is 2.28. The van der Waals surface area contributed by atoms with E-state index >= 15 is 0 Å². The summed E-state index contributed by atoms with van der Waals surface area (Å²) in [5.41, 5.74) is 10.4. The molecule has 8 heteroatoms. The molecule has 30 heavy (non-hydrogen) atoms. The number of hydrogen-bond acceptors (Lipinski definition) is 5. The third-order valence-corrected chi connectivity index (χ3v) is 5.75. The monoisotopic (exact) mass is 430 g/mol. The van der Waals surface area contributed by atoms with Crippen molar-refractivity contribution in [3.05, 3.63) is 45.9 Å². The van der Waals surface area contributed by atoms with Crippen molar-refractivity contribution < 1.29 is 4.74 Å². The van der Waals surface area contributed by atoms with Gasteiger partial charge in [-0.2, -0.15) is 0 Å². The number of rotatable bonds is 12. The van der Waals surface area contributed by atoms with E-state index in [0.717, 1.165) is 82.2 Å². The molecule has 1 aromatic heterocycles. The van der Waals surface area contributed by atoms with Gasteiger partial charge >= 0.3 is 0 Å². The molecule has 1 aliphatic rings. The molecular formula is C22H31ClN6O. The van der Waals surface area contributed by atoms with Crippen molar-refractivity contribution in [2.45, 2.75) is 32.1 Å². The van der Waals surface area contributed by atoms with Gasteiger partial charge in [0.05, 0.1) is 5.52 Å². The van der Waals surface area contributed by atoms with Crippen molar-refractivity contribution in [2.24, 2.45) is 5.11 Å². The first kappa shape index (κ1) is 22.6. The first-order valence-electron chi connectivity index (χ1n) is 10.9. The van der Waals surface area contributed by atoms with Crippen LogP contribution < -0.4 is 4.90 Å². The number of unbranched alkanes of at least 4 members (excludes halogenated alkanes) is 3. The van der Waals surface area contributed by atoms with Crippen LogP contribution in [-0.4, -0.2) is 62.4 Å². The molecule has 162 valence electrons. The van der Waals surface area contributed by atoms with Crippen LogP contribution in [0.25, 0.3) is 21.3 Å². The van der Waals surface area contributed by atoms with Crippen LogP contribution in [0.4, 0.5) is 5.69 Å². The summed E-state index contributed by atoms with van der Waals surface area (Å²) < 4.78 is 5.71. The Hall–Kier alpha value is -2.05. The molecule has 7 nitrogen and oxygen atoms in total. The molecule has 0 spiro atoms. The Morgan fingerprint density at radius 3 is 2.63 bits per heavy atom. The molecule has 2 aromatic rings. The molecule has 1 aliphatic heterocycles. The SMILES string of the molecule is [N-]=[N+]=NCCCCCOCCCCN1CCN(c2ccnc3cc(Cl)ccc23)CC1. The number of fused-ring (bicyclic) bond motifs is 1. The second kappa shape index (κ2) is 12.6. The minimum Gasteiger partial charge on any atom is -0.381 e. The quantitative estimate of drug-likeness (QED) is 0.198. The lowest BCUT2D eigenvalue weighted by atomic mass is 10.1. The summed E-state index contributed by atoms with van der Waals surface area (Å²) in [5, 5.41) is 5.44. The second-order valence-corrected chi connectivity index (χ2v) is 8.09. The molecule has 0 atom stereocenters. The highest BCUT2D eigenvalue weighted by Gasteiger charge is 2.18. The standard InChI is InChI=1S/C22H31ClN6O/c23-19-6-7-20-21(18-19)25-10-8-22(20)29-14-12-28(13-15-29)11-3-5-17-30-16-4-1-2-9-26-27-24/h6-8,10,18H,1-5,9,11-17H2. The van der Waals surface area contributed by atoms with E-state index in [1.807, 2.05) is 18.3 Å². The number of pyridine rings is 1. The summed E-state index contributed by atoms with van der Waals surface area (Å²) in [5.74, 6) is 0. The van der Waals surface area contributed by atoms with Crippen molar-refractivity contribution in [1.29, 1.82) is 0 Å². The molecule has 0 radical (unpaired) electrons. The summed E-state index contributed by atoms with van der Waals surface area (Å²) >= 11 is 6.11. The van der Waals surface area contributed by atoms with E-state index in [1.165, 1.54) is 17.5 Å². The number of hydrogen-bond donors (Lipinski definition) is 0. The van der Waals surface area contributed by atoms with Crippen LogP contribution in [0.3, 0.4) is 0 Å². The Bertz CT molecular complexity index is 833. The minimum atomic E-state index is 0.593. The van der Waals surface area contributed by atoms with Gasteiger partial charge in [-0.3, -0.25) is 9.88 Å². The summed E-state index contributed by atoms with van der Waals surface area (Å²) in [6.07, 6.45) is 7.20. The van der Waals surface area contributed by atoms with Gasteiger partial charge in [-0.1, -0.05) is 23.1 Å². The lowest BCUT2D eigenvalue weighted by molar-refractivity contribution is 0.122. The van der Waals surface area contributed by atoms with Crippen LogP contribution in [0.5, 0.6) is 0 Å². The zero-order valence-electron chi connectivity index (χ0n) is 17.5. The zero-order valence-corrected chi connectivity index (χ0v) is 18.3. The van der Waals surface area contributed by atoms with Crippen LogP contribution in [0, 0.1) is 0 Å². The lowest BCUT2D eigenvalue weighted by Crippen LogP contribution is -2.46. The average Bonchev–Trinajstić information content (AvgIpc) is 2.77. The highest BCUT2D eigenvalue weighted by atomic mass is 35.5. The van der Waals surface area contributed by atoms with E-state index in [2.05, 4.69) is 36.9 Å². The number of nitrogens with zero attached hydrogens (tertiary/aromatic N) is 6. The number of aromatic nitrogens is 1. The van der Waals surface area contributed by atoms with Crippen molar-refractivity contribution in [2.75, 3.05) is 57.4 Å². The van der Waals surface area contributed by atoms with Crippen molar-refractivity contribution in [1.82, 2.24) is 9.88 Å². The molecule has 0 unspecified atom stereocenters. The first-order valence-corrected chi connectivity index (χ1v) is 11.3. The highest BCUT2D eigenvalue weighted by molar-refractivity contribution is 6.31. The number of anilines is 1. The van der Waals surface area contributed by atoms with Crippen molar-refractivity contribution in [3.8, 4) is 0 Å². The lowest BCUT2D eigenvalue weighted by Gasteiger charge is -2.36. The van der Waals surface area contributed by atoms with Crippen LogP contribution in [0.1, 0.15) is 32.1 Å². The predicted octanol–water partition coefficient (Wildman–Crippen LogP) is 5.29. The Labute approximate surface area is 183 Å². The van der Waals surface area contributed by atoms with Crippen LogP contribution >= 0.6 is 11.6 Å². The maximum Gasteiger partial charge on any atom is 0.0737 e. The molecule has 0 N–H and O–H groups in total. The maximum absolute atomic E-state index is 8.22. The van der Waals surface area contributed by atoms with Gasteiger partial charge in [0.2, 0.25) is 0 Å². The molecule has 3 rings (SSSR count). The van der Waals surface area contributed by atoms with Crippen LogP contribution in [-0.2, 0) is 4.74 Å². The smallest absolute Gasteiger partial charge is 0.0737 e. The molecular weight excluding hydrogens is 400 g/mol. The van der Waals surface area contributed by atoms with E-state index in [9.17, 15) is 0 Å². The van der Waals surface area contributed by atoms with Gasteiger partial charge in [0.25, 0.3) is 0 Å². The number of piperazine rings is 1. The third-order valence-electron chi connectivity index (χ3n) is 5.52. The third kappa shape index (κ3) is 7.03. The maximum atomic E-state index is 8.22. The van der Waals surface area contributed by atoms with E-state index in [-0.39, 0.29) is 0 Å². The fraction of sp³-hybridized carbons (Fsp3) is 0.591. The Morgan fingerprint density at radius 2 is 1.83 bits per heavy atom. The average molecular weight is 431 g/mol. The Balaban J connectivity index is 1.29. The van der Waals surface area contributed by atoms with Gasteiger partial charge in [0.15, 0.2) is 0 Å². The van der Waals surface area contributed by atoms with Crippen LogP contribution in [0.2, 0.25) is 5.02 Å². The zero-order chi connectivity index (χ0) is 21.0. The molecule has 0 bridgehead atoms. The van der Waals surface area contributed by atoms with Crippen molar-refractivity contribution >= 4 is 28.2 Å². The van der Waals surface area contributed by atoms with Crippen LogP contribution in [0.15, 0.2) is 35.6 Å². The number of azide groups is 1. The van der Waals surface area contributed by atoms with Gasteiger partial charge in [0, 0.05) is 73.1 Å². The number of halogens is 1. The van der Waals surface area contributed by atoms with Gasteiger partial charge in [-0.25, -0.2) is 0 Å². The largest absolute Gasteiger partial charge is 0.381 e. The van der Waals surface area contributed by atoms with E-state index < -0.39 is 0 Å². The second-order valence-electron chi connectivity index (χ2n) is 7.65. The predicted molar refractivity (Wildman–Crippen MR) is 123 cm³/mol. The normalized spacial score (nSPS) is 14.8. The molecule has 0 saturated carbocycles. The first-order chi connectivity index (χ1) is 14.8. The fourth-order valence-corrected chi connectivity index (χ4v) is 4.01. The Kier molecular flexibility index (Phi) is 9.51.